The molecule has 3 heterocycles. The Hall–Kier alpha value is -7.27. The highest BCUT2D eigenvalue weighted by molar-refractivity contribution is 5.99. The molecule has 378 valence electrons. The maximum absolute atomic E-state index is 14.7. The number of benzene rings is 1. The third kappa shape index (κ3) is 15.6. The largest absolute Gasteiger partial charge is 0.481 e. The lowest BCUT2D eigenvalue weighted by atomic mass is 10.0. The number of carbonyl (C=O) groups excluding carboxylic acids is 9. The molecule has 2 aromatic rings. The van der Waals surface area contributed by atoms with Gasteiger partial charge in [-0.05, 0) is 76.8 Å². The molecule has 24 heteroatoms. The van der Waals surface area contributed by atoms with Crippen LogP contribution in [0.3, 0.4) is 0 Å². The van der Waals surface area contributed by atoms with Crippen molar-refractivity contribution in [1.82, 2.24) is 52.0 Å². The van der Waals surface area contributed by atoms with E-state index >= 15 is 0 Å². The van der Waals surface area contributed by atoms with Crippen LogP contribution in [-0.2, 0) is 54.4 Å². The van der Waals surface area contributed by atoms with Gasteiger partial charge in [0.15, 0.2) is 5.96 Å². The van der Waals surface area contributed by atoms with Crippen LogP contribution in [0, 0.1) is 5.92 Å². The van der Waals surface area contributed by atoms with Crippen LogP contribution in [0.1, 0.15) is 85.1 Å². The van der Waals surface area contributed by atoms with Gasteiger partial charge in [0.1, 0.15) is 48.3 Å². The molecule has 13 N–H and O–H groups in total. The Bertz CT molecular complexity index is 2260. The molecule has 2 aliphatic heterocycles. The van der Waals surface area contributed by atoms with Gasteiger partial charge in [0.2, 0.25) is 53.2 Å². The first-order valence-corrected chi connectivity index (χ1v) is 23.1. The van der Waals surface area contributed by atoms with Crippen LogP contribution in [0.2, 0.25) is 0 Å². The van der Waals surface area contributed by atoms with E-state index in [2.05, 4.69) is 47.2 Å². The molecule has 8 atom stereocenters. The highest BCUT2D eigenvalue weighted by Gasteiger charge is 2.41. The van der Waals surface area contributed by atoms with E-state index in [1.165, 1.54) is 32.7 Å². The minimum absolute atomic E-state index is 0.0245. The average Bonchev–Trinajstić information content (AvgIpc) is 3.96. The molecule has 2 saturated heterocycles. The van der Waals surface area contributed by atoms with Crippen molar-refractivity contribution < 1.29 is 53.1 Å². The van der Waals surface area contributed by atoms with E-state index < -0.39 is 120 Å². The zero-order valence-electron chi connectivity index (χ0n) is 39.9. The molecule has 2 aliphatic rings. The molecular weight excluding hydrogens is 899 g/mol. The second-order valence-corrected chi connectivity index (χ2v) is 17.9. The Labute approximate surface area is 399 Å². The Morgan fingerprint density at radius 1 is 0.768 bits per heavy atom. The van der Waals surface area contributed by atoms with Gasteiger partial charge < -0.3 is 68.6 Å². The van der Waals surface area contributed by atoms with Gasteiger partial charge in [-0.2, -0.15) is 0 Å². The number of carboxylic acid groups (broad SMARTS) is 1. The number of nitrogens with two attached hydrogens (primary N) is 2. The number of carbonyl (C=O) groups is 10. The zero-order chi connectivity index (χ0) is 51.1. The number of carboxylic acids is 1. The summed E-state index contributed by atoms with van der Waals surface area (Å²) in [6.07, 6.45) is 2.01. The topological polar surface area (TPSA) is 362 Å². The van der Waals surface area contributed by atoms with Gasteiger partial charge in [0.05, 0.1) is 13.0 Å². The summed E-state index contributed by atoms with van der Waals surface area (Å²) in [6, 6.07) is -3.03. The molecule has 0 radical (unpaired) electrons. The number of rotatable bonds is 11. The number of aliphatic carboxylic acids is 1. The lowest BCUT2D eigenvalue weighted by Gasteiger charge is -2.33. The number of para-hydroxylation sites is 1. The number of fused-ring (bicyclic) bond motifs is 2. The predicted octanol–water partition coefficient (Wildman–Crippen LogP) is -2.41. The number of nitrogens with one attached hydrogen (secondary N) is 8. The van der Waals surface area contributed by atoms with Crippen LogP contribution in [0.4, 0.5) is 0 Å². The van der Waals surface area contributed by atoms with Crippen molar-refractivity contribution in [1.29, 1.82) is 0 Å². The van der Waals surface area contributed by atoms with E-state index in [1.807, 2.05) is 38.1 Å². The maximum atomic E-state index is 14.7. The number of H-pyrrole nitrogens is 1. The molecule has 1 aromatic heterocycles. The normalized spacial score (nSPS) is 25.6. The summed E-state index contributed by atoms with van der Waals surface area (Å²) in [4.78, 5) is 146. The van der Waals surface area contributed by atoms with Crippen LogP contribution >= 0.6 is 0 Å². The molecule has 0 aliphatic carbocycles. The molecule has 2 fully saturated rings. The van der Waals surface area contributed by atoms with Gasteiger partial charge in [-0.25, -0.2) is 0 Å². The van der Waals surface area contributed by atoms with Gasteiger partial charge in [0.25, 0.3) is 0 Å². The highest BCUT2D eigenvalue weighted by Crippen LogP contribution is 2.24. The fourth-order valence-electron chi connectivity index (χ4n) is 7.92. The van der Waals surface area contributed by atoms with Gasteiger partial charge in [-0.15, -0.1) is 0 Å². The van der Waals surface area contributed by atoms with Gasteiger partial charge in [-0.3, -0.25) is 52.9 Å². The lowest BCUT2D eigenvalue weighted by molar-refractivity contribution is -0.148. The lowest BCUT2D eigenvalue weighted by Crippen LogP contribution is -2.59. The van der Waals surface area contributed by atoms with Crippen molar-refractivity contribution in [3.8, 4) is 0 Å². The first-order chi connectivity index (χ1) is 32.6. The van der Waals surface area contributed by atoms with Crippen LogP contribution in [0.25, 0.3) is 10.9 Å². The fourth-order valence-corrected chi connectivity index (χ4v) is 7.92. The number of amides is 9. The fraction of sp³-hybridized carbons (Fsp3) is 0.578. The van der Waals surface area contributed by atoms with Crippen molar-refractivity contribution in [3.05, 3.63) is 36.0 Å². The van der Waals surface area contributed by atoms with Crippen molar-refractivity contribution in [2.45, 2.75) is 134 Å². The van der Waals surface area contributed by atoms with Gasteiger partial charge in [-0.1, -0.05) is 32.0 Å². The summed E-state index contributed by atoms with van der Waals surface area (Å²) in [5, 5.41) is 28.1. The second-order valence-electron chi connectivity index (χ2n) is 17.9. The van der Waals surface area contributed by atoms with E-state index in [4.69, 9.17) is 11.5 Å². The number of aromatic nitrogens is 1. The van der Waals surface area contributed by atoms with Crippen LogP contribution in [0.15, 0.2) is 35.5 Å². The summed E-state index contributed by atoms with van der Waals surface area (Å²) < 4.78 is 0. The van der Waals surface area contributed by atoms with E-state index in [-0.39, 0.29) is 57.1 Å². The first-order valence-electron chi connectivity index (χ1n) is 23.1. The van der Waals surface area contributed by atoms with Crippen LogP contribution in [0.5, 0.6) is 0 Å². The molecule has 7 unspecified atom stereocenters. The molecule has 0 spiro atoms. The zero-order valence-corrected chi connectivity index (χ0v) is 39.9. The summed E-state index contributed by atoms with van der Waals surface area (Å²) >= 11 is 0. The average molecular weight is 966 g/mol. The highest BCUT2D eigenvalue weighted by atomic mass is 16.4. The van der Waals surface area contributed by atoms with Crippen molar-refractivity contribution in [2.24, 2.45) is 22.4 Å². The predicted molar refractivity (Wildman–Crippen MR) is 251 cm³/mol. The molecule has 0 saturated carbocycles. The Kier molecular flexibility index (Phi) is 19.8. The number of aromatic amines is 1. The molecule has 9 amide bonds. The van der Waals surface area contributed by atoms with E-state index in [0.717, 1.165) is 15.8 Å². The SMILES string of the molecule is CC(C)CCC1NC(=O)C(CC(=O)O)NC(=O)CNC(=O)C(CCCN=C(N)N)NC(=O)C(C)NC(=O)C(C)N(C)C(=O)[C@H]2CCCN2C(=O)C(Cc2c[nH]c3ccccc23)NC(=O)C(C)NC1=O. The molecular formula is C45H67N13O11. The van der Waals surface area contributed by atoms with Crippen LogP contribution < -0.4 is 48.7 Å². The second kappa shape index (κ2) is 25.2. The third-order valence-corrected chi connectivity index (χ3v) is 12.0. The van der Waals surface area contributed by atoms with E-state index in [1.54, 1.807) is 6.20 Å². The molecule has 0 bridgehead atoms. The summed E-state index contributed by atoms with van der Waals surface area (Å²) in [5.74, 6) is -8.86. The first kappa shape index (κ1) is 54.3. The summed E-state index contributed by atoms with van der Waals surface area (Å²) in [7, 11) is 1.39. The minimum atomic E-state index is -1.73. The Balaban J connectivity index is 1.71. The van der Waals surface area contributed by atoms with Crippen molar-refractivity contribution >= 4 is 76.0 Å². The minimum Gasteiger partial charge on any atom is -0.481 e. The van der Waals surface area contributed by atoms with E-state index in [0.29, 0.717) is 18.4 Å². The number of aliphatic imine (C=N–C) groups is 1. The standard InChI is InChI=1S/C45H67N13O11/c1-23(2)15-16-31-41(66)52-25(4)38(63)56-33(19-27-21-49-29-12-8-7-11-28(27)29)43(68)58-18-10-14-34(58)44(69)57(6)26(5)39(64)51-24(3)37(62)54-30(13-9-17-48-45(46)47)40(65)50-22-35(59)53-32(20-36(60)61)42(67)55-31/h7-8,11-12,21,23-26,30-34,49H,9-10,13-20,22H2,1-6H3,(H,50,65)(H,51,64)(H,52,66)(H,53,59)(H,54,62)(H,55,67)(H,56,63)(H,60,61)(H4,46,47,48)/t24?,25?,26?,30?,31?,32?,33?,34-/m1/s1. The monoisotopic (exact) mass is 966 g/mol. The Morgan fingerprint density at radius 3 is 2.03 bits per heavy atom. The number of guanidine groups is 1. The smallest absolute Gasteiger partial charge is 0.305 e. The molecule has 1 aromatic carbocycles. The quantitative estimate of drug-likeness (QED) is 0.0636. The van der Waals surface area contributed by atoms with Crippen molar-refractivity contribution in [2.75, 3.05) is 26.7 Å². The molecule has 69 heavy (non-hydrogen) atoms. The number of nitrogens with zero attached hydrogens (tertiary/aromatic N) is 3. The molecule has 4 rings (SSSR count). The van der Waals surface area contributed by atoms with Gasteiger partial charge >= 0.3 is 5.97 Å². The van der Waals surface area contributed by atoms with E-state index in [9.17, 15) is 53.1 Å². The number of likely N-dealkylation sites (N-methyl/N-ethyl adjacent to an activating group) is 1. The molecule has 24 nitrogen and oxygen atoms in total. The van der Waals surface area contributed by atoms with Gasteiger partial charge in [0, 0.05) is 43.7 Å². The maximum Gasteiger partial charge on any atom is 0.305 e. The number of hydrogen-bond donors (Lipinski definition) is 11. The van der Waals surface area contributed by atoms with Crippen molar-refractivity contribution in [3.63, 3.8) is 0 Å². The summed E-state index contributed by atoms with van der Waals surface area (Å²) in [6.45, 7) is 7.35. The Morgan fingerprint density at radius 2 is 1.38 bits per heavy atom. The van der Waals surface area contributed by atoms with Crippen LogP contribution in [-0.4, -0.2) is 160 Å². The third-order valence-electron chi connectivity index (χ3n) is 12.0. The number of hydrogen-bond acceptors (Lipinski definition) is 11. The summed E-state index contributed by atoms with van der Waals surface area (Å²) in [5.41, 5.74) is 12.3.